The SMILES string of the molecule is N#Cc1ccc2nc(Cl)nc(NC3C4CCC(CC4)C3C(=O)O)c2c1. The third kappa shape index (κ3) is 2.79. The number of rotatable bonds is 3. The first kappa shape index (κ1) is 16.1. The predicted octanol–water partition coefficient (Wildman–Crippen LogP) is 3.46. The van der Waals surface area contributed by atoms with E-state index in [-0.39, 0.29) is 17.2 Å². The van der Waals surface area contributed by atoms with Crippen molar-refractivity contribution in [2.45, 2.75) is 31.7 Å². The number of carbonyl (C=O) groups is 1. The number of aliphatic carboxylic acids is 1. The Morgan fingerprint density at radius 1 is 1.24 bits per heavy atom. The number of halogens is 1. The Morgan fingerprint density at radius 2 is 1.96 bits per heavy atom. The molecule has 0 amide bonds. The fourth-order valence-corrected chi connectivity index (χ4v) is 4.63. The molecular weight excluding hydrogens is 340 g/mol. The lowest BCUT2D eigenvalue weighted by atomic mass is 9.61. The molecule has 0 spiro atoms. The van der Waals surface area contributed by atoms with Crippen molar-refractivity contribution in [3.63, 3.8) is 0 Å². The van der Waals surface area contributed by atoms with E-state index < -0.39 is 11.9 Å². The van der Waals surface area contributed by atoms with Gasteiger partial charge in [0.15, 0.2) is 0 Å². The summed E-state index contributed by atoms with van der Waals surface area (Å²) in [5.74, 6) is -0.146. The zero-order chi connectivity index (χ0) is 17.6. The van der Waals surface area contributed by atoms with E-state index in [4.69, 9.17) is 16.9 Å². The van der Waals surface area contributed by atoms with Crippen molar-refractivity contribution in [3.8, 4) is 6.07 Å². The van der Waals surface area contributed by atoms with Gasteiger partial charge in [-0.25, -0.2) is 9.97 Å². The first-order valence-electron chi connectivity index (χ1n) is 8.43. The summed E-state index contributed by atoms with van der Waals surface area (Å²) in [5, 5.41) is 23.0. The van der Waals surface area contributed by atoms with E-state index in [2.05, 4.69) is 21.4 Å². The van der Waals surface area contributed by atoms with Gasteiger partial charge in [-0.3, -0.25) is 4.79 Å². The van der Waals surface area contributed by atoms with E-state index in [1.807, 2.05) is 0 Å². The van der Waals surface area contributed by atoms with Crippen LogP contribution in [0.3, 0.4) is 0 Å². The molecule has 0 radical (unpaired) electrons. The molecule has 3 aliphatic rings. The van der Waals surface area contributed by atoms with Crippen LogP contribution >= 0.6 is 11.6 Å². The zero-order valence-corrected chi connectivity index (χ0v) is 14.2. The molecule has 128 valence electrons. The fraction of sp³-hybridized carbons (Fsp3) is 0.444. The minimum Gasteiger partial charge on any atom is -0.481 e. The van der Waals surface area contributed by atoms with Crippen molar-refractivity contribution in [1.82, 2.24) is 9.97 Å². The monoisotopic (exact) mass is 356 g/mol. The highest BCUT2D eigenvalue weighted by Gasteiger charge is 2.47. The lowest BCUT2D eigenvalue weighted by Crippen LogP contribution is -2.51. The van der Waals surface area contributed by atoms with E-state index in [0.717, 1.165) is 25.7 Å². The van der Waals surface area contributed by atoms with Crippen LogP contribution < -0.4 is 5.32 Å². The number of nitrogens with zero attached hydrogens (tertiary/aromatic N) is 3. The first-order chi connectivity index (χ1) is 12.1. The Hall–Kier alpha value is -2.39. The van der Waals surface area contributed by atoms with E-state index in [9.17, 15) is 9.90 Å². The molecule has 7 heteroatoms. The van der Waals surface area contributed by atoms with Gasteiger partial charge in [0.25, 0.3) is 0 Å². The number of benzene rings is 1. The standard InChI is InChI=1S/C18H17ClN4O2/c19-18-21-13-6-1-9(8-20)7-12(13)16(23-18)22-15-11-4-2-10(3-5-11)14(15)17(24)25/h1,6-7,10-11,14-15H,2-5H2,(H,24,25)(H,21,22,23). The largest absolute Gasteiger partial charge is 0.481 e. The molecule has 2 N–H and O–H groups in total. The maximum atomic E-state index is 11.8. The second-order valence-corrected chi connectivity index (χ2v) is 7.23. The van der Waals surface area contributed by atoms with E-state index >= 15 is 0 Å². The Labute approximate surface area is 149 Å². The zero-order valence-electron chi connectivity index (χ0n) is 13.4. The number of hydrogen-bond acceptors (Lipinski definition) is 5. The summed E-state index contributed by atoms with van der Waals surface area (Å²) in [6.07, 6.45) is 4.02. The van der Waals surface area contributed by atoms with E-state index in [1.54, 1.807) is 18.2 Å². The topological polar surface area (TPSA) is 98.9 Å². The minimum absolute atomic E-state index is 0.104. The van der Waals surface area contributed by atoms with Gasteiger partial charge >= 0.3 is 5.97 Å². The van der Waals surface area contributed by atoms with Gasteiger partial charge in [0.1, 0.15) is 5.82 Å². The molecule has 5 rings (SSSR count). The third-order valence-corrected chi connectivity index (χ3v) is 5.77. The lowest BCUT2D eigenvalue weighted by Gasteiger charge is -2.47. The number of carboxylic acid groups (broad SMARTS) is 1. The predicted molar refractivity (Wildman–Crippen MR) is 93.2 cm³/mol. The van der Waals surface area contributed by atoms with Crippen molar-refractivity contribution < 1.29 is 9.90 Å². The fourth-order valence-electron chi connectivity index (χ4n) is 4.45. The Balaban J connectivity index is 1.77. The second kappa shape index (κ2) is 6.16. The highest BCUT2D eigenvalue weighted by molar-refractivity contribution is 6.28. The van der Waals surface area contributed by atoms with Crippen molar-refractivity contribution in [1.29, 1.82) is 5.26 Å². The molecule has 3 aliphatic carbocycles. The van der Waals surface area contributed by atoms with Gasteiger partial charge in [0, 0.05) is 11.4 Å². The highest BCUT2D eigenvalue weighted by Crippen LogP contribution is 2.46. The highest BCUT2D eigenvalue weighted by atomic mass is 35.5. The minimum atomic E-state index is -0.755. The van der Waals surface area contributed by atoms with Crippen molar-refractivity contribution in [2.24, 2.45) is 17.8 Å². The van der Waals surface area contributed by atoms with Crippen LogP contribution in [-0.2, 0) is 4.79 Å². The molecule has 2 aromatic rings. The van der Waals surface area contributed by atoms with Gasteiger partial charge in [-0.1, -0.05) is 0 Å². The third-order valence-electron chi connectivity index (χ3n) is 5.61. The molecule has 1 aromatic carbocycles. The molecule has 25 heavy (non-hydrogen) atoms. The summed E-state index contributed by atoms with van der Waals surface area (Å²) in [5.41, 5.74) is 1.13. The van der Waals surface area contributed by atoms with Gasteiger partial charge < -0.3 is 10.4 Å². The first-order valence-corrected chi connectivity index (χ1v) is 8.81. The quantitative estimate of drug-likeness (QED) is 0.817. The van der Waals surface area contributed by atoms with Crippen molar-refractivity contribution >= 4 is 34.3 Å². The lowest BCUT2D eigenvalue weighted by molar-refractivity contribution is -0.148. The maximum Gasteiger partial charge on any atom is 0.308 e. The molecule has 0 aliphatic heterocycles. The molecule has 2 atom stereocenters. The summed E-state index contributed by atoms with van der Waals surface area (Å²) in [4.78, 5) is 20.3. The number of carboxylic acids is 1. The molecule has 1 heterocycles. The summed E-state index contributed by atoms with van der Waals surface area (Å²) < 4.78 is 0. The number of fused-ring (bicyclic) bond motifs is 4. The van der Waals surface area contributed by atoms with Gasteiger partial charge in [0.2, 0.25) is 5.28 Å². The number of nitrogens with one attached hydrogen (secondary N) is 1. The average Bonchev–Trinajstić information content (AvgIpc) is 2.62. The Bertz CT molecular complexity index is 887. The normalized spacial score (nSPS) is 27.8. The summed E-state index contributed by atoms with van der Waals surface area (Å²) in [6, 6.07) is 7.05. The van der Waals surface area contributed by atoms with Crippen LogP contribution in [-0.4, -0.2) is 27.1 Å². The number of aromatic nitrogens is 2. The van der Waals surface area contributed by atoms with Crippen LogP contribution in [0.4, 0.5) is 5.82 Å². The molecule has 2 unspecified atom stereocenters. The van der Waals surface area contributed by atoms with Crippen molar-refractivity contribution in [3.05, 3.63) is 29.0 Å². The summed E-state index contributed by atoms with van der Waals surface area (Å²) >= 11 is 6.05. The van der Waals surface area contributed by atoms with Crippen LogP contribution in [0.2, 0.25) is 5.28 Å². The van der Waals surface area contributed by atoms with Crippen LogP contribution in [0.25, 0.3) is 10.9 Å². The second-order valence-electron chi connectivity index (χ2n) is 6.89. The molecule has 6 nitrogen and oxygen atoms in total. The smallest absolute Gasteiger partial charge is 0.308 e. The maximum absolute atomic E-state index is 11.8. The van der Waals surface area contributed by atoms with Crippen molar-refractivity contribution in [2.75, 3.05) is 5.32 Å². The van der Waals surface area contributed by atoms with Crippen LogP contribution in [0.1, 0.15) is 31.2 Å². The van der Waals surface area contributed by atoms with E-state index in [1.165, 1.54) is 0 Å². The van der Waals surface area contributed by atoms with Gasteiger partial charge in [-0.05, 0) is 67.3 Å². The Kier molecular flexibility index (Phi) is 3.97. The Morgan fingerprint density at radius 3 is 2.64 bits per heavy atom. The molecule has 0 saturated heterocycles. The van der Waals surface area contributed by atoms with Crippen LogP contribution in [0, 0.1) is 29.1 Å². The number of hydrogen-bond donors (Lipinski definition) is 2. The summed E-state index contributed by atoms with van der Waals surface area (Å²) in [6.45, 7) is 0. The molecule has 1 aromatic heterocycles. The van der Waals surface area contributed by atoms with E-state index in [0.29, 0.717) is 28.2 Å². The van der Waals surface area contributed by atoms with Gasteiger partial charge in [-0.15, -0.1) is 0 Å². The molecular formula is C18H17ClN4O2. The molecule has 2 bridgehead atoms. The molecule has 3 saturated carbocycles. The molecule has 3 fully saturated rings. The van der Waals surface area contributed by atoms with Gasteiger partial charge in [0.05, 0.1) is 23.1 Å². The average molecular weight is 357 g/mol. The van der Waals surface area contributed by atoms with Crippen LogP contribution in [0.5, 0.6) is 0 Å². The van der Waals surface area contributed by atoms with Crippen LogP contribution in [0.15, 0.2) is 18.2 Å². The summed E-state index contributed by atoms with van der Waals surface area (Å²) in [7, 11) is 0. The number of nitriles is 1. The number of anilines is 1. The van der Waals surface area contributed by atoms with Gasteiger partial charge in [-0.2, -0.15) is 5.26 Å².